The molecule has 1 saturated heterocycles. The monoisotopic (exact) mass is 316 g/mol. The van der Waals surface area contributed by atoms with E-state index >= 15 is 0 Å². The molecule has 0 aliphatic carbocycles. The van der Waals surface area contributed by atoms with E-state index in [1.807, 2.05) is 12.1 Å². The number of nitrogens with one attached hydrogen (secondary N) is 2. The Balaban J connectivity index is 1.92. The Morgan fingerprint density at radius 2 is 1.91 bits per heavy atom. The van der Waals surface area contributed by atoms with Gasteiger partial charge in [0, 0.05) is 37.7 Å². The predicted octanol–water partition coefficient (Wildman–Crippen LogP) is 2.31. The average Bonchev–Trinajstić information content (AvgIpc) is 2.93. The molecule has 7 heteroatoms. The maximum atomic E-state index is 11.9. The van der Waals surface area contributed by atoms with E-state index in [0.717, 1.165) is 10.9 Å². The van der Waals surface area contributed by atoms with Crippen molar-refractivity contribution < 1.29 is 23.8 Å². The third kappa shape index (κ3) is 2.85. The molecule has 0 unspecified atom stereocenters. The summed E-state index contributed by atoms with van der Waals surface area (Å²) in [6.45, 7) is 3.00. The molecule has 23 heavy (non-hydrogen) atoms. The normalized spacial score (nSPS) is 16.7. The highest BCUT2D eigenvalue weighted by Crippen LogP contribution is 2.29. The van der Waals surface area contributed by atoms with Crippen LogP contribution in [0, 0.1) is 0 Å². The lowest BCUT2D eigenvalue weighted by molar-refractivity contribution is -0.222. The lowest BCUT2D eigenvalue weighted by Crippen LogP contribution is -2.42. The van der Waals surface area contributed by atoms with Crippen molar-refractivity contribution in [2.24, 2.45) is 0 Å². The summed E-state index contributed by atoms with van der Waals surface area (Å²) in [5.41, 5.74) is 1.27. The molecule has 0 bridgehead atoms. The maximum Gasteiger partial charge on any atom is 0.350 e. The van der Waals surface area contributed by atoms with Crippen LogP contribution in [0.5, 0.6) is 5.75 Å². The Hall–Kier alpha value is -2.96. The zero-order chi connectivity index (χ0) is 16.6. The zero-order valence-electron chi connectivity index (χ0n) is 12.9. The van der Waals surface area contributed by atoms with Crippen LogP contribution < -0.4 is 10.1 Å². The van der Waals surface area contributed by atoms with E-state index in [9.17, 15) is 9.59 Å². The summed E-state index contributed by atoms with van der Waals surface area (Å²) in [5.74, 6) is -2.07. The number of hydrogen-bond donors (Lipinski definition) is 2. The molecule has 1 fully saturated rings. The molecule has 0 radical (unpaired) electrons. The number of H-pyrrole nitrogens is 1. The Labute approximate surface area is 132 Å². The zero-order valence-corrected chi connectivity index (χ0v) is 12.9. The van der Waals surface area contributed by atoms with E-state index in [1.165, 1.54) is 20.0 Å². The van der Waals surface area contributed by atoms with Gasteiger partial charge in [0.05, 0.1) is 18.3 Å². The number of carbonyl (C=O) groups excluding carboxylic acids is 2. The second-order valence-corrected chi connectivity index (χ2v) is 5.50. The summed E-state index contributed by atoms with van der Waals surface area (Å²) in [7, 11) is 1.56. The number of aromatic nitrogens is 1. The van der Waals surface area contributed by atoms with Crippen molar-refractivity contribution >= 4 is 28.5 Å². The Morgan fingerprint density at radius 1 is 1.22 bits per heavy atom. The summed E-state index contributed by atoms with van der Waals surface area (Å²) < 4.78 is 15.3. The Bertz CT molecular complexity index is 797. The molecule has 3 rings (SSSR count). The van der Waals surface area contributed by atoms with E-state index in [4.69, 9.17) is 14.2 Å². The van der Waals surface area contributed by atoms with Gasteiger partial charge >= 0.3 is 11.9 Å². The van der Waals surface area contributed by atoms with Crippen molar-refractivity contribution in [1.29, 1.82) is 0 Å². The van der Waals surface area contributed by atoms with E-state index in [1.54, 1.807) is 19.4 Å². The van der Waals surface area contributed by atoms with Crippen molar-refractivity contribution in [3.05, 3.63) is 36.2 Å². The SMILES string of the molecule is COc1cc(NC=C2C(=O)OC(C)(C)OC2=O)c2[nH]ccc2c1. The van der Waals surface area contributed by atoms with Crippen LogP contribution >= 0.6 is 0 Å². The number of rotatable bonds is 3. The third-order valence-corrected chi connectivity index (χ3v) is 3.36. The molecule has 2 N–H and O–H groups in total. The van der Waals surface area contributed by atoms with E-state index in [2.05, 4.69) is 10.3 Å². The number of anilines is 1. The number of fused-ring (bicyclic) bond motifs is 1. The number of methoxy groups -OCH3 is 1. The Morgan fingerprint density at radius 3 is 2.57 bits per heavy atom. The fourth-order valence-corrected chi connectivity index (χ4v) is 2.30. The Kier molecular flexibility index (Phi) is 3.48. The van der Waals surface area contributed by atoms with Crippen molar-refractivity contribution in [3.63, 3.8) is 0 Å². The highest BCUT2D eigenvalue weighted by Gasteiger charge is 2.38. The molecule has 2 heterocycles. The lowest BCUT2D eigenvalue weighted by Gasteiger charge is -2.29. The minimum atomic E-state index is -1.26. The van der Waals surface area contributed by atoms with E-state index in [0.29, 0.717) is 11.4 Å². The molecular formula is C16H16N2O5. The van der Waals surface area contributed by atoms with Crippen molar-refractivity contribution in [2.75, 3.05) is 12.4 Å². The molecule has 0 spiro atoms. The van der Waals surface area contributed by atoms with E-state index < -0.39 is 17.7 Å². The average molecular weight is 316 g/mol. The summed E-state index contributed by atoms with van der Waals surface area (Å²) >= 11 is 0. The molecule has 0 atom stereocenters. The van der Waals surface area contributed by atoms with Crippen LogP contribution in [0.1, 0.15) is 13.8 Å². The van der Waals surface area contributed by atoms with Gasteiger partial charge in [0.2, 0.25) is 0 Å². The van der Waals surface area contributed by atoms with Crippen molar-refractivity contribution in [1.82, 2.24) is 4.98 Å². The van der Waals surface area contributed by atoms with Crippen LogP contribution in [0.4, 0.5) is 5.69 Å². The number of hydrogen-bond acceptors (Lipinski definition) is 6. The molecule has 0 saturated carbocycles. The van der Waals surface area contributed by atoms with Gasteiger partial charge in [0.25, 0.3) is 5.79 Å². The smallest absolute Gasteiger partial charge is 0.350 e. The van der Waals surface area contributed by atoms with Gasteiger partial charge < -0.3 is 24.5 Å². The highest BCUT2D eigenvalue weighted by atomic mass is 16.7. The van der Waals surface area contributed by atoms with Crippen LogP contribution in [0.3, 0.4) is 0 Å². The molecule has 0 amide bonds. The maximum absolute atomic E-state index is 11.9. The minimum absolute atomic E-state index is 0.202. The summed E-state index contributed by atoms with van der Waals surface area (Å²) in [4.78, 5) is 26.9. The lowest BCUT2D eigenvalue weighted by atomic mass is 10.2. The van der Waals surface area contributed by atoms with Gasteiger partial charge in [-0.15, -0.1) is 0 Å². The molecule has 1 aliphatic heterocycles. The van der Waals surface area contributed by atoms with Crippen molar-refractivity contribution in [2.45, 2.75) is 19.6 Å². The van der Waals surface area contributed by atoms with Gasteiger partial charge in [-0.1, -0.05) is 0 Å². The number of aromatic amines is 1. The first-order chi connectivity index (χ1) is 10.9. The van der Waals surface area contributed by atoms with Crippen LogP contribution in [0.15, 0.2) is 36.2 Å². The fraction of sp³-hybridized carbons (Fsp3) is 0.250. The molecular weight excluding hydrogens is 300 g/mol. The van der Waals surface area contributed by atoms with Gasteiger partial charge in [0.15, 0.2) is 5.57 Å². The first-order valence-corrected chi connectivity index (χ1v) is 6.98. The van der Waals surface area contributed by atoms with E-state index in [-0.39, 0.29) is 5.57 Å². The number of carbonyl (C=O) groups is 2. The summed E-state index contributed by atoms with van der Waals surface area (Å²) in [6, 6.07) is 5.51. The molecule has 1 aromatic carbocycles. The second kappa shape index (κ2) is 5.35. The van der Waals surface area contributed by atoms with Gasteiger partial charge in [0.1, 0.15) is 5.75 Å². The molecule has 1 aliphatic rings. The van der Waals surface area contributed by atoms with Gasteiger partial charge in [-0.05, 0) is 12.1 Å². The topological polar surface area (TPSA) is 89.7 Å². The highest BCUT2D eigenvalue weighted by molar-refractivity contribution is 6.15. The van der Waals surface area contributed by atoms with Crippen LogP contribution in [-0.2, 0) is 19.1 Å². The number of esters is 2. The number of benzene rings is 1. The summed E-state index contributed by atoms with van der Waals surface area (Å²) in [6.07, 6.45) is 3.06. The number of cyclic esters (lactones) is 2. The quantitative estimate of drug-likeness (QED) is 0.513. The standard InChI is InChI=1S/C16H16N2O5/c1-16(2)22-14(19)11(15(20)23-16)8-18-12-7-10(21-3)6-9-4-5-17-13(9)12/h4-8,17-18H,1-3H3. The molecule has 2 aromatic rings. The van der Waals surface area contributed by atoms with Gasteiger partial charge in [-0.25, -0.2) is 9.59 Å². The molecule has 120 valence electrons. The summed E-state index contributed by atoms with van der Waals surface area (Å²) in [5, 5.41) is 3.86. The van der Waals surface area contributed by atoms with Gasteiger partial charge in [-0.3, -0.25) is 0 Å². The minimum Gasteiger partial charge on any atom is -0.497 e. The largest absolute Gasteiger partial charge is 0.497 e. The second-order valence-electron chi connectivity index (χ2n) is 5.50. The van der Waals surface area contributed by atoms with Crippen LogP contribution in [0.2, 0.25) is 0 Å². The first kappa shape index (κ1) is 15.0. The predicted molar refractivity (Wildman–Crippen MR) is 82.8 cm³/mol. The fourth-order valence-electron chi connectivity index (χ4n) is 2.30. The molecule has 1 aromatic heterocycles. The number of ether oxygens (including phenoxy) is 3. The van der Waals surface area contributed by atoms with Crippen LogP contribution in [-0.4, -0.2) is 29.8 Å². The molecule has 7 nitrogen and oxygen atoms in total. The third-order valence-electron chi connectivity index (χ3n) is 3.36. The van der Waals surface area contributed by atoms with Crippen molar-refractivity contribution in [3.8, 4) is 5.75 Å². The van der Waals surface area contributed by atoms with Crippen LogP contribution in [0.25, 0.3) is 10.9 Å². The first-order valence-electron chi connectivity index (χ1n) is 6.98. The van der Waals surface area contributed by atoms with Gasteiger partial charge in [-0.2, -0.15) is 0 Å².